The fourth-order valence-electron chi connectivity index (χ4n) is 3.79. The van der Waals surface area contributed by atoms with Crippen LogP contribution in [0.5, 0.6) is 0 Å². The fraction of sp³-hybridized carbons (Fsp3) is 0.333. The number of aliphatic hydroxyl groups excluding tert-OH is 1. The lowest BCUT2D eigenvalue weighted by molar-refractivity contribution is -0.126. The SMILES string of the molecule is CCN(CC)C(=O)/C(C#N)=C/c1c(-c2ccc(C)cc2)c2c(N)ncnc2n1CCCO. The average molecular weight is 433 g/mol. The van der Waals surface area contributed by atoms with Gasteiger partial charge in [0, 0.05) is 31.8 Å². The Hall–Kier alpha value is -3.70. The number of nitrogen functional groups attached to an aromatic ring is 1. The van der Waals surface area contributed by atoms with E-state index in [4.69, 9.17) is 5.73 Å². The van der Waals surface area contributed by atoms with E-state index < -0.39 is 0 Å². The number of fused-ring (bicyclic) bond motifs is 1. The Morgan fingerprint density at radius 3 is 2.53 bits per heavy atom. The summed E-state index contributed by atoms with van der Waals surface area (Å²) < 4.78 is 1.89. The Labute approximate surface area is 187 Å². The van der Waals surface area contributed by atoms with Crippen LogP contribution in [-0.2, 0) is 11.3 Å². The highest BCUT2D eigenvalue weighted by molar-refractivity contribution is 6.08. The highest BCUT2D eigenvalue weighted by Crippen LogP contribution is 2.38. The minimum Gasteiger partial charge on any atom is -0.396 e. The van der Waals surface area contributed by atoms with Gasteiger partial charge in [-0.2, -0.15) is 5.26 Å². The van der Waals surface area contributed by atoms with E-state index in [1.165, 1.54) is 6.33 Å². The maximum absolute atomic E-state index is 13.0. The third kappa shape index (κ3) is 4.34. The standard InChI is InChI=1S/C24H28N6O2/c1-4-29(5-2)24(32)18(14-25)13-19-20(17-9-7-16(3)8-10-17)21-22(26)27-15-28-23(21)30(19)11-6-12-31/h7-10,13,15,31H,4-6,11-12H2,1-3H3,(H2,26,27,28)/b18-13+. The second kappa shape index (κ2) is 10.1. The highest BCUT2D eigenvalue weighted by atomic mass is 16.3. The molecule has 32 heavy (non-hydrogen) atoms. The number of carbonyl (C=O) groups excluding carboxylic acids is 1. The number of anilines is 1. The fourth-order valence-corrected chi connectivity index (χ4v) is 3.79. The molecule has 166 valence electrons. The van der Waals surface area contributed by atoms with Gasteiger partial charge in [0.1, 0.15) is 29.4 Å². The summed E-state index contributed by atoms with van der Waals surface area (Å²) in [5.74, 6) is -0.0121. The van der Waals surface area contributed by atoms with Crippen LogP contribution in [0.2, 0.25) is 0 Å². The Morgan fingerprint density at radius 2 is 1.94 bits per heavy atom. The van der Waals surface area contributed by atoms with E-state index >= 15 is 0 Å². The van der Waals surface area contributed by atoms with Crippen LogP contribution in [-0.4, -0.2) is 50.1 Å². The van der Waals surface area contributed by atoms with Crippen LogP contribution in [0.1, 0.15) is 31.5 Å². The molecule has 0 spiro atoms. The molecular formula is C24H28N6O2. The van der Waals surface area contributed by atoms with E-state index in [1.54, 1.807) is 11.0 Å². The number of hydrogen-bond acceptors (Lipinski definition) is 6. The number of nitrogens with zero attached hydrogens (tertiary/aromatic N) is 5. The van der Waals surface area contributed by atoms with Gasteiger partial charge in [-0.3, -0.25) is 4.79 Å². The molecule has 0 aliphatic heterocycles. The number of aliphatic hydroxyl groups is 1. The van der Waals surface area contributed by atoms with Crippen molar-refractivity contribution in [3.63, 3.8) is 0 Å². The normalized spacial score (nSPS) is 11.5. The van der Waals surface area contributed by atoms with Crippen LogP contribution in [0.25, 0.3) is 28.2 Å². The minimum atomic E-state index is -0.328. The molecule has 2 heterocycles. The van der Waals surface area contributed by atoms with Crippen molar-refractivity contribution >= 4 is 28.8 Å². The van der Waals surface area contributed by atoms with Gasteiger partial charge in [0.15, 0.2) is 0 Å². The Bertz CT molecular complexity index is 1180. The number of likely N-dealkylation sites (N-methyl/N-ethyl adjacent to an activating group) is 1. The molecule has 8 nitrogen and oxygen atoms in total. The molecule has 0 aliphatic rings. The summed E-state index contributed by atoms with van der Waals surface area (Å²) in [5.41, 5.74) is 10.3. The second-order valence-electron chi connectivity index (χ2n) is 7.46. The predicted molar refractivity (Wildman–Crippen MR) is 125 cm³/mol. The first kappa shape index (κ1) is 23.0. The second-order valence-corrected chi connectivity index (χ2v) is 7.46. The lowest BCUT2D eigenvalue weighted by Crippen LogP contribution is -2.31. The van der Waals surface area contributed by atoms with E-state index in [0.29, 0.717) is 48.6 Å². The van der Waals surface area contributed by atoms with Crippen molar-refractivity contribution in [1.29, 1.82) is 5.26 Å². The van der Waals surface area contributed by atoms with Gasteiger partial charge < -0.3 is 20.3 Å². The summed E-state index contributed by atoms with van der Waals surface area (Å²) in [5, 5.41) is 19.9. The van der Waals surface area contributed by atoms with Crippen molar-refractivity contribution in [2.24, 2.45) is 0 Å². The monoisotopic (exact) mass is 432 g/mol. The van der Waals surface area contributed by atoms with Gasteiger partial charge in [0.25, 0.3) is 5.91 Å². The summed E-state index contributed by atoms with van der Waals surface area (Å²) in [6.07, 6.45) is 3.48. The van der Waals surface area contributed by atoms with Crippen LogP contribution in [0.4, 0.5) is 5.82 Å². The maximum atomic E-state index is 13.0. The molecule has 0 saturated heterocycles. The zero-order valence-corrected chi connectivity index (χ0v) is 18.7. The van der Waals surface area contributed by atoms with Crippen molar-refractivity contribution in [2.45, 2.75) is 33.7 Å². The first-order valence-corrected chi connectivity index (χ1v) is 10.7. The predicted octanol–water partition coefficient (Wildman–Crippen LogP) is 3.15. The molecule has 0 fully saturated rings. The number of aryl methyl sites for hydroxylation is 2. The smallest absolute Gasteiger partial charge is 0.264 e. The van der Waals surface area contributed by atoms with E-state index in [1.807, 2.05) is 49.6 Å². The summed E-state index contributed by atoms with van der Waals surface area (Å²) in [4.78, 5) is 23.2. The van der Waals surface area contributed by atoms with Crippen LogP contribution in [0, 0.1) is 18.3 Å². The zero-order valence-electron chi connectivity index (χ0n) is 18.7. The Balaban J connectivity index is 2.37. The summed E-state index contributed by atoms with van der Waals surface area (Å²) >= 11 is 0. The van der Waals surface area contributed by atoms with E-state index in [-0.39, 0.29) is 18.1 Å². The van der Waals surface area contributed by atoms with Crippen molar-refractivity contribution in [3.8, 4) is 17.2 Å². The van der Waals surface area contributed by atoms with E-state index in [0.717, 1.165) is 16.7 Å². The zero-order chi connectivity index (χ0) is 23.3. The number of rotatable bonds is 8. The molecule has 0 unspecified atom stereocenters. The summed E-state index contributed by atoms with van der Waals surface area (Å²) in [7, 11) is 0. The van der Waals surface area contributed by atoms with Gasteiger partial charge in [-0.25, -0.2) is 9.97 Å². The molecule has 0 saturated carbocycles. The van der Waals surface area contributed by atoms with Gasteiger partial charge in [0.05, 0.1) is 11.1 Å². The van der Waals surface area contributed by atoms with Crippen molar-refractivity contribution in [1.82, 2.24) is 19.4 Å². The molecule has 0 radical (unpaired) electrons. The maximum Gasteiger partial charge on any atom is 0.264 e. The average Bonchev–Trinajstić information content (AvgIpc) is 3.11. The van der Waals surface area contributed by atoms with Crippen molar-refractivity contribution in [2.75, 3.05) is 25.4 Å². The van der Waals surface area contributed by atoms with Gasteiger partial charge in [-0.1, -0.05) is 29.8 Å². The van der Waals surface area contributed by atoms with Crippen LogP contribution >= 0.6 is 0 Å². The number of aromatic nitrogens is 3. The molecule has 1 aromatic carbocycles. The van der Waals surface area contributed by atoms with Crippen LogP contribution in [0.3, 0.4) is 0 Å². The van der Waals surface area contributed by atoms with Crippen LogP contribution in [0.15, 0.2) is 36.2 Å². The van der Waals surface area contributed by atoms with Gasteiger partial charge in [-0.15, -0.1) is 0 Å². The molecule has 3 aromatic rings. The quantitative estimate of drug-likeness (QED) is 0.417. The molecule has 8 heteroatoms. The molecule has 3 rings (SSSR count). The van der Waals surface area contributed by atoms with Gasteiger partial charge >= 0.3 is 0 Å². The molecule has 3 N–H and O–H groups in total. The summed E-state index contributed by atoms with van der Waals surface area (Å²) in [6, 6.07) is 10.0. The van der Waals surface area contributed by atoms with E-state index in [9.17, 15) is 15.2 Å². The Kier molecular flexibility index (Phi) is 7.23. The molecular weight excluding hydrogens is 404 g/mol. The third-order valence-electron chi connectivity index (χ3n) is 5.47. The number of nitrogens with two attached hydrogens (primary N) is 1. The minimum absolute atomic E-state index is 0.00720. The first-order chi connectivity index (χ1) is 15.5. The molecule has 0 atom stereocenters. The number of hydrogen-bond donors (Lipinski definition) is 2. The molecule has 0 aliphatic carbocycles. The number of nitriles is 1. The van der Waals surface area contributed by atoms with Crippen molar-refractivity contribution in [3.05, 3.63) is 47.4 Å². The first-order valence-electron chi connectivity index (χ1n) is 10.7. The largest absolute Gasteiger partial charge is 0.396 e. The van der Waals surface area contributed by atoms with Crippen molar-refractivity contribution < 1.29 is 9.90 Å². The Morgan fingerprint density at radius 1 is 1.25 bits per heavy atom. The number of carbonyl (C=O) groups is 1. The number of benzene rings is 1. The summed E-state index contributed by atoms with van der Waals surface area (Å²) in [6.45, 7) is 7.21. The topological polar surface area (TPSA) is 121 Å². The van der Waals surface area contributed by atoms with Crippen LogP contribution < -0.4 is 5.73 Å². The lowest BCUT2D eigenvalue weighted by Gasteiger charge is -2.18. The van der Waals surface area contributed by atoms with Gasteiger partial charge in [0.2, 0.25) is 0 Å². The lowest BCUT2D eigenvalue weighted by atomic mass is 10.00. The van der Waals surface area contributed by atoms with E-state index in [2.05, 4.69) is 16.0 Å². The van der Waals surface area contributed by atoms with Gasteiger partial charge in [-0.05, 0) is 38.8 Å². The highest BCUT2D eigenvalue weighted by Gasteiger charge is 2.23. The third-order valence-corrected chi connectivity index (χ3v) is 5.47. The molecule has 0 bridgehead atoms. The molecule has 1 amide bonds. The number of amides is 1. The molecule has 2 aromatic heterocycles.